The van der Waals surface area contributed by atoms with Gasteiger partial charge in [-0.2, -0.15) is 0 Å². The van der Waals surface area contributed by atoms with Crippen LogP contribution in [0.3, 0.4) is 0 Å². The standard InChI is InChI=1S/C16H20BrNO4/c1-10(11-4-5-13(22-2)12(17)8-11)18-14(19)9-16(15(20)21)6-3-7-16/h4-5,8,10H,3,6-7,9H2,1-2H3,(H,18,19)(H,20,21). The van der Waals surface area contributed by atoms with Crippen molar-refractivity contribution >= 4 is 27.8 Å². The molecular weight excluding hydrogens is 350 g/mol. The predicted molar refractivity (Wildman–Crippen MR) is 85.8 cm³/mol. The van der Waals surface area contributed by atoms with Crippen LogP contribution in [0.25, 0.3) is 0 Å². The van der Waals surface area contributed by atoms with Crippen molar-refractivity contribution in [2.75, 3.05) is 7.11 Å². The van der Waals surface area contributed by atoms with Crippen LogP contribution >= 0.6 is 15.9 Å². The van der Waals surface area contributed by atoms with Crippen LogP contribution in [0.5, 0.6) is 5.75 Å². The van der Waals surface area contributed by atoms with Crippen molar-refractivity contribution < 1.29 is 19.4 Å². The van der Waals surface area contributed by atoms with E-state index < -0.39 is 11.4 Å². The maximum atomic E-state index is 12.1. The first-order chi connectivity index (χ1) is 10.4. The van der Waals surface area contributed by atoms with Crippen LogP contribution in [0.15, 0.2) is 22.7 Å². The molecule has 120 valence electrons. The first-order valence-corrected chi connectivity index (χ1v) is 8.03. The monoisotopic (exact) mass is 369 g/mol. The van der Waals surface area contributed by atoms with Gasteiger partial charge in [0.1, 0.15) is 5.75 Å². The van der Waals surface area contributed by atoms with Gasteiger partial charge in [-0.05, 0) is 53.4 Å². The van der Waals surface area contributed by atoms with Gasteiger partial charge in [-0.25, -0.2) is 0 Å². The number of hydrogen-bond acceptors (Lipinski definition) is 3. The van der Waals surface area contributed by atoms with Crippen molar-refractivity contribution in [2.24, 2.45) is 5.41 Å². The summed E-state index contributed by atoms with van der Waals surface area (Å²) in [6, 6.07) is 5.40. The number of carboxylic acid groups (broad SMARTS) is 1. The summed E-state index contributed by atoms with van der Waals surface area (Å²) in [7, 11) is 1.59. The van der Waals surface area contributed by atoms with E-state index in [1.165, 1.54) is 0 Å². The van der Waals surface area contributed by atoms with Crippen LogP contribution in [-0.4, -0.2) is 24.1 Å². The van der Waals surface area contributed by atoms with E-state index in [9.17, 15) is 14.7 Å². The molecule has 1 aliphatic rings. The molecule has 1 saturated carbocycles. The molecule has 6 heteroatoms. The Bertz CT molecular complexity index is 584. The molecule has 1 aliphatic carbocycles. The maximum Gasteiger partial charge on any atom is 0.310 e. The summed E-state index contributed by atoms with van der Waals surface area (Å²) in [5.74, 6) is -0.364. The fourth-order valence-electron chi connectivity index (χ4n) is 2.70. The molecule has 1 unspecified atom stereocenters. The Morgan fingerprint density at radius 3 is 2.59 bits per heavy atom. The van der Waals surface area contributed by atoms with E-state index >= 15 is 0 Å². The average molecular weight is 370 g/mol. The molecule has 1 amide bonds. The van der Waals surface area contributed by atoms with Gasteiger partial charge in [-0.3, -0.25) is 9.59 Å². The third kappa shape index (κ3) is 3.43. The van der Waals surface area contributed by atoms with Crippen molar-refractivity contribution in [1.82, 2.24) is 5.32 Å². The number of carboxylic acids is 1. The molecule has 1 atom stereocenters. The fourth-order valence-corrected chi connectivity index (χ4v) is 3.26. The Morgan fingerprint density at radius 2 is 2.14 bits per heavy atom. The van der Waals surface area contributed by atoms with Crippen molar-refractivity contribution in [2.45, 2.75) is 38.6 Å². The molecule has 0 saturated heterocycles. The molecule has 1 aromatic carbocycles. The quantitative estimate of drug-likeness (QED) is 0.806. The SMILES string of the molecule is COc1ccc(C(C)NC(=O)CC2(C(=O)O)CCC2)cc1Br. The lowest BCUT2D eigenvalue weighted by Crippen LogP contribution is -2.43. The number of ether oxygens (including phenoxy) is 1. The van der Waals surface area contributed by atoms with Gasteiger partial charge in [-0.1, -0.05) is 12.5 Å². The number of carbonyl (C=O) groups excluding carboxylic acids is 1. The average Bonchev–Trinajstić information content (AvgIpc) is 2.42. The second-order valence-corrected chi connectivity index (χ2v) is 6.65. The summed E-state index contributed by atoms with van der Waals surface area (Å²) < 4.78 is 5.99. The minimum absolute atomic E-state index is 0.0456. The zero-order chi connectivity index (χ0) is 16.3. The summed E-state index contributed by atoms with van der Waals surface area (Å²) in [6.45, 7) is 1.88. The molecule has 1 fully saturated rings. The highest BCUT2D eigenvalue weighted by Crippen LogP contribution is 2.44. The van der Waals surface area contributed by atoms with Gasteiger partial charge in [0.15, 0.2) is 0 Å². The molecule has 5 nitrogen and oxygen atoms in total. The number of carbonyl (C=O) groups is 2. The van der Waals surface area contributed by atoms with E-state index in [0.717, 1.165) is 22.2 Å². The number of nitrogens with one attached hydrogen (secondary N) is 1. The van der Waals surface area contributed by atoms with Gasteiger partial charge in [0.2, 0.25) is 5.91 Å². The van der Waals surface area contributed by atoms with E-state index in [4.69, 9.17) is 4.74 Å². The Labute approximate surface area is 138 Å². The summed E-state index contributed by atoms with van der Waals surface area (Å²) >= 11 is 3.41. The Hall–Kier alpha value is -1.56. The Morgan fingerprint density at radius 1 is 1.45 bits per heavy atom. The van der Waals surface area contributed by atoms with Gasteiger partial charge in [0, 0.05) is 6.42 Å². The lowest BCUT2D eigenvalue weighted by Gasteiger charge is -2.37. The molecule has 0 heterocycles. The molecule has 1 aromatic rings. The van der Waals surface area contributed by atoms with Crippen LogP contribution in [-0.2, 0) is 9.59 Å². The molecule has 2 rings (SSSR count). The van der Waals surface area contributed by atoms with E-state index in [1.54, 1.807) is 7.11 Å². The zero-order valence-electron chi connectivity index (χ0n) is 12.7. The van der Waals surface area contributed by atoms with Gasteiger partial charge in [-0.15, -0.1) is 0 Å². The zero-order valence-corrected chi connectivity index (χ0v) is 14.3. The highest BCUT2D eigenvalue weighted by atomic mass is 79.9. The number of amides is 1. The molecule has 0 aromatic heterocycles. The van der Waals surface area contributed by atoms with Crippen LogP contribution < -0.4 is 10.1 Å². The first-order valence-electron chi connectivity index (χ1n) is 7.24. The van der Waals surface area contributed by atoms with E-state index in [2.05, 4.69) is 21.2 Å². The van der Waals surface area contributed by atoms with Gasteiger partial charge < -0.3 is 15.2 Å². The van der Waals surface area contributed by atoms with E-state index in [1.807, 2.05) is 25.1 Å². The topological polar surface area (TPSA) is 75.6 Å². The second-order valence-electron chi connectivity index (χ2n) is 5.80. The number of rotatable bonds is 6. The minimum Gasteiger partial charge on any atom is -0.496 e. The molecule has 0 bridgehead atoms. The van der Waals surface area contributed by atoms with Gasteiger partial charge >= 0.3 is 5.97 Å². The number of aliphatic carboxylic acids is 1. The fraction of sp³-hybridized carbons (Fsp3) is 0.500. The van der Waals surface area contributed by atoms with Gasteiger partial charge in [0.25, 0.3) is 0 Å². The normalized spacial score (nSPS) is 17.2. The Balaban J connectivity index is 1.99. The third-order valence-corrected chi connectivity index (χ3v) is 4.94. The molecule has 0 radical (unpaired) electrons. The molecular formula is C16H20BrNO4. The summed E-state index contributed by atoms with van der Waals surface area (Å²) in [4.78, 5) is 23.4. The van der Waals surface area contributed by atoms with Crippen molar-refractivity contribution in [1.29, 1.82) is 0 Å². The summed E-state index contributed by atoms with van der Waals surface area (Å²) in [6.07, 6.45) is 2.08. The summed E-state index contributed by atoms with van der Waals surface area (Å²) in [5.41, 5.74) is 0.0728. The minimum atomic E-state index is -0.867. The first kappa shape index (κ1) is 16.8. The van der Waals surface area contributed by atoms with Crippen molar-refractivity contribution in [3.05, 3.63) is 28.2 Å². The van der Waals surface area contributed by atoms with E-state index in [0.29, 0.717) is 12.8 Å². The number of methoxy groups -OCH3 is 1. The maximum absolute atomic E-state index is 12.1. The Kier molecular flexibility index (Phi) is 5.11. The second kappa shape index (κ2) is 6.69. The molecule has 0 aliphatic heterocycles. The van der Waals surface area contributed by atoms with Crippen molar-refractivity contribution in [3.8, 4) is 5.75 Å². The third-order valence-electron chi connectivity index (χ3n) is 4.32. The highest BCUT2D eigenvalue weighted by molar-refractivity contribution is 9.10. The summed E-state index contributed by atoms with van der Waals surface area (Å²) in [5, 5.41) is 12.2. The number of benzene rings is 1. The van der Waals surface area contributed by atoms with E-state index in [-0.39, 0.29) is 18.4 Å². The highest BCUT2D eigenvalue weighted by Gasteiger charge is 2.45. The van der Waals surface area contributed by atoms with Crippen LogP contribution in [0.1, 0.15) is 44.2 Å². The number of halogens is 1. The lowest BCUT2D eigenvalue weighted by molar-refractivity contribution is -0.157. The van der Waals surface area contributed by atoms with Crippen LogP contribution in [0.2, 0.25) is 0 Å². The predicted octanol–water partition coefficient (Wildman–Crippen LogP) is 3.28. The molecule has 2 N–H and O–H groups in total. The van der Waals surface area contributed by atoms with Gasteiger partial charge in [0.05, 0.1) is 23.0 Å². The van der Waals surface area contributed by atoms with Crippen molar-refractivity contribution in [3.63, 3.8) is 0 Å². The van der Waals surface area contributed by atoms with Crippen LogP contribution in [0.4, 0.5) is 0 Å². The lowest BCUT2D eigenvalue weighted by atomic mass is 9.66. The number of hydrogen-bond donors (Lipinski definition) is 2. The molecule has 0 spiro atoms. The molecule has 22 heavy (non-hydrogen) atoms. The van der Waals surface area contributed by atoms with Crippen LogP contribution in [0, 0.1) is 5.41 Å². The smallest absolute Gasteiger partial charge is 0.310 e. The largest absolute Gasteiger partial charge is 0.496 e.